The van der Waals surface area contributed by atoms with E-state index in [0.717, 1.165) is 23.1 Å². The van der Waals surface area contributed by atoms with Gasteiger partial charge < -0.3 is 9.15 Å². The van der Waals surface area contributed by atoms with Gasteiger partial charge in [0.1, 0.15) is 23.9 Å². The number of thioether (sulfide) groups is 1. The number of halogens is 3. The topological polar surface area (TPSA) is 65.4 Å². The lowest BCUT2D eigenvalue weighted by molar-refractivity contribution is -0.147. The number of alkyl halides is 3. The number of hydrogen-bond acceptors (Lipinski definition) is 6. The van der Waals surface area contributed by atoms with E-state index in [9.17, 15) is 13.2 Å². The molecule has 0 N–H and O–H groups in total. The summed E-state index contributed by atoms with van der Waals surface area (Å²) in [5, 5.41) is 10.7. The number of ether oxygens (including phenoxy) is 1. The van der Waals surface area contributed by atoms with Gasteiger partial charge in [-0.05, 0) is 36.4 Å². The number of para-hydroxylation sites is 1. The summed E-state index contributed by atoms with van der Waals surface area (Å²) >= 11 is 1.11. The second-order valence-electron chi connectivity index (χ2n) is 5.65. The Morgan fingerprint density at radius 3 is 2.71 bits per heavy atom. The second kappa shape index (κ2) is 8.51. The summed E-state index contributed by atoms with van der Waals surface area (Å²) in [4.78, 5) is 0. The fraction of sp³-hybridized carbons (Fsp3) is 0.278. The predicted octanol–water partition coefficient (Wildman–Crippen LogP) is 4.77. The van der Waals surface area contributed by atoms with Crippen molar-refractivity contribution in [2.24, 2.45) is 5.10 Å². The van der Waals surface area contributed by atoms with Crippen LogP contribution in [0.15, 0.2) is 51.1 Å². The Balaban J connectivity index is 1.74. The zero-order valence-corrected chi connectivity index (χ0v) is 15.9. The van der Waals surface area contributed by atoms with Crippen LogP contribution in [0.4, 0.5) is 13.2 Å². The van der Waals surface area contributed by atoms with E-state index in [1.54, 1.807) is 19.1 Å². The molecule has 6 nitrogen and oxygen atoms in total. The molecule has 0 unspecified atom stereocenters. The Bertz CT molecular complexity index is 966. The number of furan rings is 1. The van der Waals surface area contributed by atoms with Gasteiger partial charge in [-0.1, -0.05) is 36.9 Å². The minimum absolute atomic E-state index is 0.0562. The monoisotopic (exact) mass is 410 g/mol. The minimum Gasteiger partial charge on any atom is -0.485 e. The van der Waals surface area contributed by atoms with E-state index in [-0.39, 0.29) is 17.5 Å². The van der Waals surface area contributed by atoms with Crippen molar-refractivity contribution >= 4 is 18.0 Å². The molecule has 2 aromatic heterocycles. The summed E-state index contributed by atoms with van der Waals surface area (Å²) in [6.07, 6.45) is -3.47. The average molecular weight is 410 g/mol. The molecule has 3 aromatic rings. The van der Waals surface area contributed by atoms with Crippen molar-refractivity contribution in [1.29, 1.82) is 0 Å². The van der Waals surface area contributed by atoms with E-state index in [1.807, 2.05) is 31.2 Å². The van der Waals surface area contributed by atoms with Crippen LogP contribution in [0.3, 0.4) is 0 Å². The number of aromatic nitrogens is 3. The van der Waals surface area contributed by atoms with E-state index in [2.05, 4.69) is 15.3 Å². The Hall–Kier alpha value is -2.75. The highest BCUT2D eigenvalue weighted by Crippen LogP contribution is 2.30. The first kappa shape index (κ1) is 20.0. The van der Waals surface area contributed by atoms with Crippen molar-refractivity contribution in [2.45, 2.75) is 31.8 Å². The summed E-state index contributed by atoms with van der Waals surface area (Å²) in [6, 6.07) is 10.8. The summed E-state index contributed by atoms with van der Waals surface area (Å²) in [7, 11) is 0. The highest BCUT2D eigenvalue weighted by molar-refractivity contribution is 7.99. The molecule has 0 saturated heterocycles. The maximum atomic E-state index is 13.1. The third kappa shape index (κ3) is 4.75. The van der Waals surface area contributed by atoms with E-state index in [4.69, 9.17) is 9.15 Å². The zero-order valence-electron chi connectivity index (χ0n) is 15.1. The molecule has 148 valence electrons. The van der Waals surface area contributed by atoms with Gasteiger partial charge in [-0.2, -0.15) is 22.9 Å². The van der Waals surface area contributed by atoms with Crippen molar-refractivity contribution in [3.05, 3.63) is 59.3 Å². The minimum atomic E-state index is -4.66. The molecule has 2 heterocycles. The second-order valence-corrected chi connectivity index (χ2v) is 6.88. The predicted molar refractivity (Wildman–Crippen MR) is 98.6 cm³/mol. The van der Waals surface area contributed by atoms with E-state index < -0.39 is 12.0 Å². The zero-order chi connectivity index (χ0) is 20.1. The highest BCUT2D eigenvalue weighted by Gasteiger charge is 2.38. The van der Waals surface area contributed by atoms with E-state index in [1.165, 1.54) is 6.21 Å². The Labute approximate surface area is 163 Å². The average Bonchev–Trinajstić information content (AvgIpc) is 3.26. The van der Waals surface area contributed by atoms with Gasteiger partial charge in [-0.3, -0.25) is 0 Å². The van der Waals surface area contributed by atoms with Crippen LogP contribution in [0.2, 0.25) is 0 Å². The molecular weight excluding hydrogens is 393 g/mol. The van der Waals surface area contributed by atoms with Gasteiger partial charge in [0, 0.05) is 0 Å². The fourth-order valence-electron chi connectivity index (χ4n) is 2.29. The van der Waals surface area contributed by atoms with Crippen molar-refractivity contribution in [2.75, 3.05) is 5.75 Å². The van der Waals surface area contributed by atoms with Crippen molar-refractivity contribution in [3.8, 4) is 5.75 Å². The summed E-state index contributed by atoms with van der Waals surface area (Å²) < 4.78 is 51.1. The lowest BCUT2D eigenvalue weighted by Gasteiger charge is -2.06. The quantitative estimate of drug-likeness (QED) is 0.415. The van der Waals surface area contributed by atoms with Crippen LogP contribution >= 0.6 is 11.8 Å². The fourth-order valence-corrected chi connectivity index (χ4v) is 2.90. The molecule has 0 radical (unpaired) electrons. The van der Waals surface area contributed by atoms with E-state index in [0.29, 0.717) is 16.2 Å². The molecule has 0 amide bonds. The van der Waals surface area contributed by atoms with Crippen LogP contribution in [0, 0.1) is 6.92 Å². The van der Waals surface area contributed by atoms with E-state index >= 15 is 0 Å². The highest BCUT2D eigenvalue weighted by atomic mass is 32.2. The molecule has 1 aromatic carbocycles. The van der Waals surface area contributed by atoms with Crippen LogP contribution in [-0.2, 0) is 12.8 Å². The lowest BCUT2D eigenvalue weighted by atomic mass is 10.2. The molecule has 0 aliphatic heterocycles. The molecular formula is C18H17F3N4O2S. The maximum Gasteiger partial charge on any atom is 0.453 e. The molecule has 0 aliphatic rings. The van der Waals surface area contributed by atoms with Gasteiger partial charge in [0.2, 0.25) is 5.16 Å². The largest absolute Gasteiger partial charge is 0.485 e. The molecule has 0 fully saturated rings. The van der Waals surface area contributed by atoms with Gasteiger partial charge in [-0.25, -0.2) is 0 Å². The Morgan fingerprint density at radius 1 is 1.21 bits per heavy atom. The molecule has 0 atom stereocenters. The van der Waals surface area contributed by atoms with Crippen LogP contribution in [0.1, 0.15) is 29.8 Å². The number of benzene rings is 1. The Kier molecular flexibility index (Phi) is 6.08. The third-order valence-electron chi connectivity index (χ3n) is 3.59. The normalized spacial score (nSPS) is 12.0. The smallest absolute Gasteiger partial charge is 0.453 e. The van der Waals surface area contributed by atoms with Crippen LogP contribution in [0.5, 0.6) is 5.75 Å². The van der Waals surface area contributed by atoms with Crippen molar-refractivity contribution in [1.82, 2.24) is 14.9 Å². The lowest BCUT2D eigenvalue weighted by Crippen LogP contribution is -2.13. The summed E-state index contributed by atoms with van der Waals surface area (Å²) in [5.41, 5.74) is 0.990. The number of rotatable bonds is 7. The van der Waals surface area contributed by atoms with Crippen molar-refractivity contribution in [3.63, 3.8) is 0 Å². The maximum absolute atomic E-state index is 13.1. The van der Waals surface area contributed by atoms with Crippen LogP contribution in [0.25, 0.3) is 0 Å². The molecule has 28 heavy (non-hydrogen) atoms. The van der Waals surface area contributed by atoms with Crippen molar-refractivity contribution < 1.29 is 22.3 Å². The number of nitrogens with zero attached hydrogens (tertiary/aromatic N) is 4. The molecule has 3 rings (SSSR count). The third-order valence-corrected chi connectivity index (χ3v) is 4.39. The standard InChI is InChI=1S/C18H17F3N4O2S/c1-3-28-17-24-23-16(18(19,20)21)25(17)22-10-13-8-9-14(27-13)11-26-15-7-5-4-6-12(15)2/h4-10H,3,11H2,1-2H3/b22-10+. The molecule has 10 heteroatoms. The van der Waals surface area contributed by atoms with Gasteiger partial charge >= 0.3 is 6.18 Å². The van der Waals surface area contributed by atoms with Gasteiger partial charge in [0.15, 0.2) is 0 Å². The number of hydrogen-bond donors (Lipinski definition) is 0. The summed E-state index contributed by atoms with van der Waals surface area (Å²) in [6.45, 7) is 3.92. The summed E-state index contributed by atoms with van der Waals surface area (Å²) in [5.74, 6) is 0.890. The van der Waals surface area contributed by atoms with Gasteiger partial charge in [0.25, 0.3) is 5.82 Å². The molecule has 0 saturated carbocycles. The SMILES string of the molecule is CCSc1nnc(C(F)(F)F)n1/N=C/c1ccc(COc2ccccc2C)o1. The molecule has 0 aliphatic carbocycles. The van der Waals surface area contributed by atoms with Crippen LogP contribution in [-0.4, -0.2) is 26.8 Å². The first-order valence-electron chi connectivity index (χ1n) is 8.35. The number of aryl methyl sites for hydroxylation is 1. The molecule has 0 bridgehead atoms. The molecule has 0 spiro atoms. The first-order chi connectivity index (χ1) is 13.4. The first-order valence-corrected chi connectivity index (χ1v) is 9.34. The van der Waals surface area contributed by atoms with Gasteiger partial charge in [-0.15, -0.1) is 10.2 Å². The van der Waals surface area contributed by atoms with Crippen LogP contribution < -0.4 is 4.74 Å². The Morgan fingerprint density at radius 2 is 2.00 bits per heavy atom. The van der Waals surface area contributed by atoms with Gasteiger partial charge in [0.05, 0.1) is 6.21 Å².